The van der Waals surface area contributed by atoms with Crippen molar-refractivity contribution in [3.05, 3.63) is 48.2 Å². The lowest BCUT2D eigenvalue weighted by atomic mass is 10.2. The van der Waals surface area contributed by atoms with Crippen LogP contribution in [-0.2, 0) is 4.74 Å². The highest BCUT2D eigenvalue weighted by Crippen LogP contribution is 2.20. The largest absolute Gasteiger partial charge is 0.491 e. The van der Waals surface area contributed by atoms with Crippen LogP contribution in [0.2, 0.25) is 0 Å². The Morgan fingerprint density at radius 1 is 1.21 bits per heavy atom. The molecule has 3 rings (SSSR count). The number of hydrogen-bond acceptors (Lipinski definition) is 6. The highest BCUT2D eigenvalue weighted by molar-refractivity contribution is 5.94. The summed E-state index contributed by atoms with van der Waals surface area (Å²) in [4.78, 5) is 19.0. The molecule has 1 amide bonds. The molecule has 0 atom stereocenters. The van der Waals surface area contributed by atoms with Crippen LogP contribution in [0.15, 0.2) is 42.6 Å². The number of rotatable bonds is 8. The minimum Gasteiger partial charge on any atom is -0.491 e. The monoisotopic (exact) mass is 384 g/mol. The smallest absolute Gasteiger partial charge is 0.251 e. The van der Waals surface area contributed by atoms with E-state index in [0.29, 0.717) is 17.9 Å². The van der Waals surface area contributed by atoms with Crippen LogP contribution in [0.5, 0.6) is 5.75 Å². The average molecular weight is 384 g/mol. The van der Waals surface area contributed by atoms with Crippen LogP contribution in [0, 0.1) is 0 Å². The number of benzene rings is 1. The Bertz CT molecular complexity index is 759. The van der Waals surface area contributed by atoms with E-state index >= 15 is 0 Å². The molecule has 1 fully saturated rings. The number of ether oxygens (including phenoxy) is 2. The van der Waals surface area contributed by atoms with E-state index in [1.807, 2.05) is 38.1 Å². The van der Waals surface area contributed by atoms with Gasteiger partial charge in [-0.25, -0.2) is 4.98 Å². The van der Waals surface area contributed by atoms with E-state index < -0.39 is 0 Å². The highest BCUT2D eigenvalue weighted by Gasteiger charge is 2.11. The minimum atomic E-state index is -0.0978. The number of nitrogens with zero attached hydrogens (tertiary/aromatic N) is 2. The molecule has 0 radical (unpaired) electrons. The number of morpholine rings is 1. The second-order valence-corrected chi connectivity index (χ2v) is 6.96. The molecule has 0 spiro atoms. The summed E-state index contributed by atoms with van der Waals surface area (Å²) in [5.74, 6) is 1.35. The average Bonchev–Trinajstić information content (AvgIpc) is 2.70. The van der Waals surface area contributed by atoms with Crippen LogP contribution in [0.25, 0.3) is 0 Å². The van der Waals surface area contributed by atoms with Gasteiger partial charge in [-0.1, -0.05) is 0 Å². The first-order valence-electron chi connectivity index (χ1n) is 9.68. The van der Waals surface area contributed by atoms with E-state index in [0.717, 1.165) is 44.3 Å². The topological polar surface area (TPSA) is 75.7 Å². The summed E-state index contributed by atoms with van der Waals surface area (Å²) in [6.45, 7) is 8.79. The Hall–Kier alpha value is -2.64. The molecule has 1 saturated heterocycles. The molecule has 1 aromatic carbocycles. The van der Waals surface area contributed by atoms with Crippen LogP contribution in [-0.4, -0.2) is 61.3 Å². The summed E-state index contributed by atoms with van der Waals surface area (Å²) in [6.07, 6.45) is 1.77. The van der Waals surface area contributed by atoms with Gasteiger partial charge in [0.25, 0.3) is 5.91 Å². The summed E-state index contributed by atoms with van der Waals surface area (Å²) < 4.78 is 11.0. The number of anilines is 2. The Balaban J connectivity index is 1.52. The van der Waals surface area contributed by atoms with E-state index in [1.165, 1.54) is 0 Å². The zero-order chi connectivity index (χ0) is 19.8. The Morgan fingerprint density at radius 2 is 1.96 bits per heavy atom. The Kier molecular flexibility index (Phi) is 7.22. The summed E-state index contributed by atoms with van der Waals surface area (Å²) in [5.41, 5.74) is 1.47. The van der Waals surface area contributed by atoms with E-state index in [1.54, 1.807) is 18.3 Å². The number of amides is 1. The first kappa shape index (κ1) is 20.1. The molecule has 2 N–H and O–H groups in total. The van der Waals surface area contributed by atoms with Crippen LogP contribution in [0.4, 0.5) is 11.5 Å². The van der Waals surface area contributed by atoms with E-state index in [4.69, 9.17) is 9.47 Å². The zero-order valence-electron chi connectivity index (χ0n) is 16.5. The molecule has 2 aromatic rings. The van der Waals surface area contributed by atoms with Gasteiger partial charge in [0.1, 0.15) is 11.6 Å². The van der Waals surface area contributed by atoms with Crippen molar-refractivity contribution in [3.63, 3.8) is 0 Å². The lowest BCUT2D eigenvalue weighted by molar-refractivity contribution is 0.0383. The molecular weight excluding hydrogens is 356 g/mol. The van der Waals surface area contributed by atoms with Crippen molar-refractivity contribution in [1.29, 1.82) is 0 Å². The lowest BCUT2D eigenvalue weighted by Crippen LogP contribution is -2.41. The summed E-state index contributed by atoms with van der Waals surface area (Å²) >= 11 is 0. The number of hydrogen-bond donors (Lipinski definition) is 2. The third-order valence-corrected chi connectivity index (χ3v) is 4.34. The van der Waals surface area contributed by atoms with E-state index in [-0.39, 0.29) is 12.0 Å². The lowest BCUT2D eigenvalue weighted by Gasteiger charge is -2.26. The highest BCUT2D eigenvalue weighted by atomic mass is 16.5. The molecule has 0 unspecified atom stereocenters. The van der Waals surface area contributed by atoms with Gasteiger partial charge in [0, 0.05) is 43.6 Å². The van der Waals surface area contributed by atoms with E-state index in [2.05, 4.69) is 20.5 Å². The maximum absolute atomic E-state index is 12.4. The SMILES string of the molecule is CC(C)Oc1ccc(Nc2cc(C(=O)NCCN3CCOCC3)ccn2)cc1. The molecule has 1 aliphatic heterocycles. The fraction of sp³-hybridized carbons (Fsp3) is 0.429. The molecule has 1 aromatic heterocycles. The fourth-order valence-corrected chi connectivity index (χ4v) is 2.93. The van der Waals surface area contributed by atoms with Crippen LogP contribution in [0.3, 0.4) is 0 Å². The van der Waals surface area contributed by atoms with Crippen molar-refractivity contribution in [3.8, 4) is 5.75 Å². The van der Waals surface area contributed by atoms with Crippen LogP contribution >= 0.6 is 0 Å². The molecular formula is C21H28N4O3. The van der Waals surface area contributed by atoms with Gasteiger partial charge in [-0.2, -0.15) is 0 Å². The second-order valence-electron chi connectivity index (χ2n) is 6.96. The Labute approximate surface area is 166 Å². The first-order chi connectivity index (χ1) is 13.6. The molecule has 7 nitrogen and oxygen atoms in total. The van der Waals surface area contributed by atoms with Crippen LogP contribution in [0.1, 0.15) is 24.2 Å². The summed E-state index contributed by atoms with van der Waals surface area (Å²) in [7, 11) is 0. The third-order valence-electron chi connectivity index (χ3n) is 4.34. The van der Waals surface area contributed by atoms with Gasteiger partial charge < -0.3 is 20.1 Å². The van der Waals surface area contributed by atoms with Crippen molar-refractivity contribution in [2.45, 2.75) is 20.0 Å². The molecule has 2 heterocycles. The molecule has 0 saturated carbocycles. The number of pyridine rings is 1. The van der Waals surface area contributed by atoms with Gasteiger partial charge in [0.15, 0.2) is 0 Å². The number of carbonyl (C=O) groups excluding carboxylic acids is 1. The number of nitrogens with one attached hydrogen (secondary N) is 2. The fourth-order valence-electron chi connectivity index (χ4n) is 2.93. The summed E-state index contributed by atoms with van der Waals surface area (Å²) in [6, 6.07) is 11.1. The minimum absolute atomic E-state index is 0.0978. The molecule has 0 bridgehead atoms. The maximum atomic E-state index is 12.4. The molecule has 1 aliphatic rings. The Morgan fingerprint density at radius 3 is 2.68 bits per heavy atom. The van der Waals surface area contributed by atoms with Crippen LogP contribution < -0.4 is 15.4 Å². The maximum Gasteiger partial charge on any atom is 0.251 e. The van der Waals surface area contributed by atoms with Crippen molar-refractivity contribution in [1.82, 2.24) is 15.2 Å². The second kappa shape index (κ2) is 10.1. The van der Waals surface area contributed by atoms with Gasteiger partial charge in [-0.3, -0.25) is 9.69 Å². The van der Waals surface area contributed by atoms with Crippen molar-refractivity contribution < 1.29 is 14.3 Å². The first-order valence-corrected chi connectivity index (χ1v) is 9.68. The standard InChI is InChI=1S/C21H28N4O3/c1-16(2)28-19-5-3-18(4-6-19)24-20-15-17(7-8-22-20)21(26)23-9-10-25-11-13-27-14-12-25/h3-8,15-16H,9-14H2,1-2H3,(H,22,24)(H,23,26). The molecule has 28 heavy (non-hydrogen) atoms. The number of aromatic nitrogens is 1. The van der Waals surface area contributed by atoms with Crippen molar-refractivity contribution >= 4 is 17.4 Å². The third kappa shape index (κ3) is 6.21. The van der Waals surface area contributed by atoms with E-state index in [9.17, 15) is 4.79 Å². The van der Waals surface area contributed by atoms with Gasteiger partial charge in [0.2, 0.25) is 0 Å². The molecule has 7 heteroatoms. The molecule has 150 valence electrons. The van der Waals surface area contributed by atoms with Gasteiger partial charge >= 0.3 is 0 Å². The molecule has 0 aliphatic carbocycles. The normalized spacial score (nSPS) is 14.7. The van der Waals surface area contributed by atoms with Gasteiger partial charge in [0.05, 0.1) is 19.3 Å². The van der Waals surface area contributed by atoms with Crippen molar-refractivity contribution in [2.24, 2.45) is 0 Å². The van der Waals surface area contributed by atoms with Gasteiger partial charge in [-0.05, 0) is 50.2 Å². The summed E-state index contributed by atoms with van der Waals surface area (Å²) in [5, 5.41) is 6.19. The van der Waals surface area contributed by atoms with Gasteiger partial charge in [-0.15, -0.1) is 0 Å². The zero-order valence-corrected chi connectivity index (χ0v) is 16.5. The quantitative estimate of drug-likeness (QED) is 0.729. The number of carbonyl (C=O) groups is 1. The van der Waals surface area contributed by atoms with Crippen molar-refractivity contribution in [2.75, 3.05) is 44.7 Å². The predicted octanol–water partition coefficient (Wildman–Crippen LogP) is 2.67. The predicted molar refractivity (Wildman–Crippen MR) is 109 cm³/mol.